The molecule has 0 aromatic carbocycles. The second-order valence-electron chi connectivity index (χ2n) is 19.5. The van der Waals surface area contributed by atoms with Crippen molar-refractivity contribution in [1.29, 1.82) is 0 Å². The summed E-state index contributed by atoms with van der Waals surface area (Å²) in [6, 6.07) is 0. The van der Waals surface area contributed by atoms with Crippen molar-refractivity contribution in [2.75, 3.05) is 13.2 Å². The molecule has 18 atom stereocenters. The van der Waals surface area contributed by atoms with E-state index in [1.54, 1.807) is 6.92 Å². The zero-order chi connectivity index (χ0) is 39.6. The molecule has 0 bridgehead atoms. The van der Waals surface area contributed by atoms with Gasteiger partial charge in [-0.15, -0.1) is 0 Å². The van der Waals surface area contributed by atoms with Crippen LogP contribution >= 0.6 is 0 Å². The van der Waals surface area contributed by atoms with Crippen LogP contribution in [-0.2, 0) is 23.7 Å². The summed E-state index contributed by atoms with van der Waals surface area (Å²) >= 11 is 0. The van der Waals surface area contributed by atoms with E-state index in [1.807, 2.05) is 0 Å². The number of ether oxygens (including phenoxy) is 4. The molecule has 0 radical (unpaired) electrons. The lowest BCUT2D eigenvalue weighted by Gasteiger charge is -2.71. The van der Waals surface area contributed by atoms with Crippen molar-refractivity contribution in [2.45, 2.75) is 166 Å². The van der Waals surface area contributed by atoms with E-state index in [1.165, 1.54) is 0 Å². The van der Waals surface area contributed by atoms with Crippen molar-refractivity contribution in [1.82, 2.24) is 0 Å². The van der Waals surface area contributed by atoms with E-state index >= 15 is 0 Å². The minimum absolute atomic E-state index is 0.0849. The smallest absolute Gasteiger partial charge is 0.315 e. The molecule has 0 aromatic heterocycles. The maximum Gasteiger partial charge on any atom is 0.315 e. The predicted molar refractivity (Wildman–Crippen MR) is 193 cm³/mol. The first-order valence-electron chi connectivity index (χ1n) is 20.1. The van der Waals surface area contributed by atoms with Gasteiger partial charge in [-0.3, -0.25) is 4.79 Å². The molecule has 13 heteroatoms. The van der Waals surface area contributed by atoms with Crippen molar-refractivity contribution in [3.8, 4) is 0 Å². The van der Waals surface area contributed by atoms with E-state index in [0.717, 1.165) is 37.7 Å². The van der Waals surface area contributed by atoms with Gasteiger partial charge in [0.1, 0.15) is 42.7 Å². The van der Waals surface area contributed by atoms with Crippen LogP contribution in [0.3, 0.4) is 0 Å². The summed E-state index contributed by atoms with van der Waals surface area (Å²) in [5.74, 6) is -0.770. The molecular weight excluding hydrogens is 700 g/mol. The number of fused-ring (bicyclic) bond motifs is 7. The van der Waals surface area contributed by atoms with Crippen molar-refractivity contribution in [3.63, 3.8) is 0 Å². The maximum absolute atomic E-state index is 14.6. The lowest BCUT2D eigenvalue weighted by molar-refractivity contribution is -0.308. The Hall–Kier alpha value is -1.49. The molecule has 7 rings (SSSR count). The molecule has 1 unspecified atom stereocenters. The third kappa shape index (κ3) is 5.61. The van der Waals surface area contributed by atoms with E-state index < -0.39 is 90.2 Å². The van der Waals surface area contributed by atoms with Gasteiger partial charge in [0.15, 0.2) is 6.29 Å². The number of rotatable bonds is 5. The van der Waals surface area contributed by atoms with Crippen LogP contribution in [0.1, 0.15) is 99.3 Å². The molecule has 0 amide bonds. The van der Waals surface area contributed by atoms with Crippen LogP contribution in [0.4, 0.5) is 0 Å². The summed E-state index contributed by atoms with van der Waals surface area (Å²) in [6.45, 7) is 16.8. The number of hydrogen-bond acceptors (Lipinski definition) is 13. The minimum atomic E-state index is -1.73. The molecule has 4 saturated carbocycles. The summed E-state index contributed by atoms with van der Waals surface area (Å²) in [4.78, 5) is 14.6. The van der Waals surface area contributed by atoms with Gasteiger partial charge in [-0.1, -0.05) is 52.8 Å². The minimum Gasteiger partial charge on any atom is -0.432 e. The molecule has 7 aliphatic rings. The average molecular weight is 765 g/mol. The number of carbonyl (C=O) groups is 1. The summed E-state index contributed by atoms with van der Waals surface area (Å²) in [7, 11) is 0. The van der Waals surface area contributed by atoms with E-state index in [9.17, 15) is 45.6 Å². The van der Waals surface area contributed by atoms with Crippen LogP contribution in [0.2, 0.25) is 0 Å². The van der Waals surface area contributed by atoms with E-state index in [2.05, 4.69) is 47.3 Å². The van der Waals surface area contributed by atoms with Crippen LogP contribution in [0.25, 0.3) is 0 Å². The van der Waals surface area contributed by atoms with Gasteiger partial charge < -0.3 is 59.8 Å². The molecule has 6 fully saturated rings. The van der Waals surface area contributed by atoms with Crippen LogP contribution in [0, 0.1) is 44.8 Å². The molecule has 2 heterocycles. The van der Waals surface area contributed by atoms with E-state index in [4.69, 9.17) is 18.9 Å². The van der Waals surface area contributed by atoms with Crippen LogP contribution in [-0.4, -0.2) is 127 Å². The predicted octanol–water partition coefficient (Wildman–Crippen LogP) is 1.85. The van der Waals surface area contributed by atoms with Gasteiger partial charge in [0.2, 0.25) is 6.29 Å². The first kappa shape index (κ1) is 40.7. The Labute approximate surface area is 318 Å². The zero-order valence-corrected chi connectivity index (χ0v) is 32.7. The van der Waals surface area contributed by atoms with E-state index in [-0.39, 0.29) is 40.8 Å². The quantitative estimate of drug-likeness (QED) is 0.114. The highest BCUT2D eigenvalue weighted by molar-refractivity contribution is 5.80. The van der Waals surface area contributed by atoms with Gasteiger partial charge in [0.05, 0.1) is 30.3 Å². The van der Waals surface area contributed by atoms with Crippen LogP contribution in [0.15, 0.2) is 23.8 Å². The third-order valence-electron chi connectivity index (χ3n) is 16.8. The van der Waals surface area contributed by atoms with Gasteiger partial charge in [-0.05, 0) is 104 Å². The second-order valence-corrected chi connectivity index (χ2v) is 19.5. The number of aliphatic hydroxyl groups excluding tert-OH is 7. The summed E-state index contributed by atoms with van der Waals surface area (Å²) in [5.41, 5.74) is -1.92. The molecule has 2 saturated heterocycles. The SMILES string of the molecule is C=C1CC[C@]2(C(=O)O[C@@H]3O[C@H](CO)[C@@H](O)[C@H](O)[C@H]3O)CC[C@]3(C)C(=CC[C@@H]4[C@@]5(C)CC[C@H](O[C@@H]6OC[C@@H](O)[C@H](O)[C@H]6O)C(C)(C)[C@@H]5CC[C@]43C)C2[C@]1(C)O. The Morgan fingerprint density at radius 2 is 1.54 bits per heavy atom. The molecule has 13 nitrogen and oxygen atoms in total. The molecule has 306 valence electrons. The number of esters is 1. The Morgan fingerprint density at radius 1 is 0.852 bits per heavy atom. The van der Waals surface area contributed by atoms with Gasteiger partial charge >= 0.3 is 5.97 Å². The Kier molecular flexibility index (Phi) is 10.2. The van der Waals surface area contributed by atoms with Crippen molar-refractivity contribution in [3.05, 3.63) is 23.8 Å². The lowest BCUT2D eigenvalue weighted by Crippen LogP contribution is -2.68. The standard InChI is InChI=1S/C41H64O13/c1-20-10-15-41(35(49)54-34-31(48)29(46)28(45)23(18-42)52-34)17-16-38(5)21(32(41)40(20,7)50)8-9-25-37(4)13-12-26(36(2,3)24(37)11-14-39(25,38)6)53-33-30(47)27(44)22(43)19-51-33/h8,22-34,42-48,50H,1,9-19H2,2-7H3/t22-,23-,24+,25-,26+,27+,28-,29+,30-,31-,32?,33+,34+,37+,38-,39-,40-,41+/m1/s1. The fraction of sp³-hybridized carbons (Fsp3) is 0.878. The topological polar surface area (TPSA) is 216 Å². The highest BCUT2D eigenvalue weighted by Crippen LogP contribution is 2.76. The molecule has 0 aromatic rings. The normalized spacial score (nSPS) is 54.3. The third-order valence-corrected chi connectivity index (χ3v) is 16.8. The summed E-state index contributed by atoms with van der Waals surface area (Å²) in [6.07, 6.45) is -4.65. The number of hydrogen-bond donors (Lipinski definition) is 8. The average Bonchev–Trinajstić information content (AvgIpc) is 3.11. The van der Waals surface area contributed by atoms with Gasteiger partial charge in [-0.2, -0.15) is 0 Å². The molecular formula is C41H64O13. The largest absolute Gasteiger partial charge is 0.432 e. The number of carbonyl (C=O) groups excluding carboxylic acids is 1. The number of aliphatic hydroxyl groups is 8. The fourth-order valence-electron chi connectivity index (χ4n) is 13.3. The van der Waals surface area contributed by atoms with Crippen LogP contribution in [0.5, 0.6) is 0 Å². The second kappa shape index (κ2) is 13.5. The zero-order valence-electron chi connectivity index (χ0n) is 32.7. The first-order chi connectivity index (χ1) is 25.1. The van der Waals surface area contributed by atoms with Gasteiger partial charge in [0.25, 0.3) is 0 Å². The van der Waals surface area contributed by atoms with Crippen molar-refractivity contribution < 1.29 is 64.6 Å². The molecule has 2 aliphatic heterocycles. The molecule has 5 aliphatic carbocycles. The molecule has 8 N–H and O–H groups in total. The van der Waals surface area contributed by atoms with Crippen LogP contribution < -0.4 is 0 Å². The Bertz CT molecular complexity index is 1510. The van der Waals surface area contributed by atoms with Crippen molar-refractivity contribution in [2.24, 2.45) is 44.8 Å². The lowest BCUT2D eigenvalue weighted by atomic mass is 9.33. The Balaban J connectivity index is 1.19. The monoisotopic (exact) mass is 764 g/mol. The molecule has 0 spiro atoms. The van der Waals surface area contributed by atoms with Crippen molar-refractivity contribution >= 4 is 5.97 Å². The Morgan fingerprint density at radius 3 is 2.22 bits per heavy atom. The number of allylic oxidation sites excluding steroid dienone is 1. The van der Waals surface area contributed by atoms with Gasteiger partial charge in [-0.25, -0.2) is 0 Å². The fourth-order valence-corrected chi connectivity index (χ4v) is 13.3. The molecule has 54 heavy (non-hydrogen) atoms. The highest BCUT2D eigenvalue weighted by atomic mass is 16.7. The summed E-state index contributed by atoms with van der Waals surface area (Å²) < 4.78 is 23.6. The maximum atomic E-state index is 14.6. The summed E-state index contributed by atoms with van der Waals surface area (Å²) in [5, 5.41) is 84.7. The van der Waals surface area contributed by atoms with Gasteiger partial charge in [0, 0.05) is 5.92 Å². The first-order valence-corrected chi connectivity index (χ1v) is 20.1. The van der Waals surface area contributed by atoms with E-state index in [0.29, 0.717) is 31.3 Å². The highest BCUT2D eigenvalue weighted by Gasteiger charge is 2.72.